The van der Waals surface area contributed by atoms with Gasteiger partial charge in [-0.3, -0.25) is 10.1 Å². The smallest absolute Gasteiger partial charge is 0.321 e. The van der Waals surface area contributed by atoms with Crippen LogP contribution in [0.3, 0.4) is 0 Å². The largest absolute Gasteiger partial charge is 0.481 e. The summed E-state index contributed by atoms with van der Waals surface area (Å²) in [4.78, 5) is 23.0. The molecule has 20 heavy (non-hydrogen) atoms. The highest BCUT2D eigenvalue weighted by atomic mass is 16.5. The van der Waals surface area contributed by atoms with Crippen molar-refractivity contribution in [3.8, 4) is 5.75 Å². The van der Waals surface area contributed by atoms with Gasteiger partial charge in [0, 0.05) is 12.1 Å². The lowest BCUT2D eigenvalue weighted by Crippen LogP contribution is -2.45. The van der Waals surface area contributed by atoms with Crippen molar-refractivity contribution in [1.82, 2.24) is 10.6 Å². The van der Waals surface area contributed by atoms with Crippen molar-refractivity contribution in [2.75, 3.05) is 6.54 Å². The standard InChI is InChI=1S/C14H20N2O4/c1-4-15-14(19)16-13(18)10(3)20-12-8-6-5-7-11(12)9(2)17/h5-10,17H,4H2,1-3H3,(H2,15,16,18,19). The van der Waals surface area contributed by atoms with Crippen LogP contribution in [0.25, 0.3) is 0 Å². The van der Waals surface area contributed by atoms with Crippen LogP contribution >= 0.6 is 0 Å². The predicted molar refractivity (Wildman–Crippen MR) is 74.4 cm³/mol. The number of para-hydroxylation sites is 1. The molecule has 0 bridgehead atoms. The minimum Gasteiger partial charge on any atom is -0.481 e. The second-order valence-corrected chi connectivity index (χ2v) is 4.32. The van der Waals surface area contributed by atoms with Crippen molar-refractivity contribution in [3.63, 3.8) is 0 Å². The summed E-state index contributed by atoms with van der Waals surface area (Å²) < 4.78 is 5.50. The fraction of sp³-hybridized carbons (Fsp3) is 0.429. The van der Waals surface area contributed by atoms with E-state index in [1.54, 1.807) is 38.1 Å². The maximum absolute atomic E-state index is 11.8. The first-order valence-corrected chi connectivity index (χ1v) is 6.48. The maximum atomic E-state index is 11.8. The average Bonchev–Trinajstić information content (AvgIpc) is 2.39. The van der Waals surface area contributed by atoms with Crippen molar-refractivity contribution >= 4 is 11.9 Å². The van der Waals surface area contributed by atoms with Crippen LogP contribution in [0, 0.1) is 0 Å². The average molecular weight is 280 g/mol. The third kappa shape index (κ3) is 4.55. The molecule has 1 aromatic rings. The van der Waals surface area contributed by atoms with E-state index in [1.165, 1.54) is 6.92 Å². The second-order valence-electron chi connectivity index (χ2n) is 4.32. The molecular formula is C14H20N2O4. The molecule has 0 heterocycles. The highest BCUT2D eigenvalue weighted by Gasteiger charge is 2.19. The van der Waals surface area contributed by atoms with E-state index in [9.17, 15) is 14.7 Å². The number of hydrogen-bond acceptors (Lipinski definition) is 4. The van der Waals surface area contributed by atoms with E-state index in [2.05, 4.69) is 10.6 Å². The maximum Gasteiger partial charge on any atom is 0.321 e. The Labute approximate surface area is 118 Å². The second kappa shape index (κ2) is 7.49. The summed E-state index contributed by atoms with van der Waals surface area (Å²) in [6.07, 6.45) is -1.55. The first kappa shape index (κ1) is 16.0. The van der Waals surface area contributed by atoms with E-state index < -0.39 is 24.1 Å². The van der Waals surface area contributed by atoms with E-state index in [0.717, 1.165) is 0 Å². The minimum atomic E-state index is -0.850. The van der Waals surface area contributed by atoms with Crippen LogP contribution < -0.4 is 15.4 Å². The number of imide groups is 1. The van der Waals surface area contributed by atoms with E-state index >= 15 is 0 Å². The molecule has 6 nitrogen and oxygen atoms in total. The first-order valence-electron chi connectivity index (χ1n) is 6.48. The zero-order valence-corrected chi connectivity index (χ0v) is 11.8. The summed E-state index contributed by atoms with van der Waals surface area (Å²) in [6.45, 7) is 5.33. The molecular weight excluding hydrogens is 260 g/mol. The van der Waals surface area contributed by atoms with Gasteiger partial charge in [-0.05, 0) is 26.8 Å². The molecule has 110 valence electrons. The Hall–Kier alpha value is -2.08. The van der Waals surface area contributed by atoms with Gasteiger partial charge in [0.1, 0.15) is 5.75 Å². The third-order valence-corrected chi connectivity index (χ3v) is 2.62. The van der Waals surface area contributed by atoms with Gasteiger partial charge in [0.15, 0.2) is 6.10 Å². The van der Waals surface area contributed by atoms with Gasteiger partial charge in [-0.15, -0.1) is 0 Å². The van der Waals surface area contributed by atoms with Crippen LogP contribution in [-0.2, 0) is 4.79 Å². The molecule has 2 atom stereocenters. The molecule has 2 unspecified atom stereocenters. The number of rotatable bonds is 5. The van der Waals surface area contributed by atoms with Crippen LogP contribution in [0.4, 0.5) is 4.79 Å². The SMILES string of the molecule is CCNC(=O)NC(=O)C(C)Oc1ccccc1C(C)O. The van der Waals surface area contributed by atoms with Crippen LogP contribution in [0.5, 0.6) is 5.75 Å². The lowest BCUT2D eigenvalue weighted by molar-refractivity contribution is -0.126. The predicted octanol–water partition coefficient (Wildman–Crippen LogP) is 1.35. The molecule has 0 saturated carbocycles. The summed E-state index contributed by atoms with van der Waals surface area (Å²) >= 11 is 0. The topological polar surface area (TPSA) is 87.7 Å². The van der Waals surface area contributed by atoms with E-state index in [0.29, 0.717) is 17.9 Å². The molecule has 0 aliphatic carbocycles. The summed E-state index contributed by atoms with van der Waals surface area (Å²) in [7, 11) is 0. The number of carbonyl (C=O) groups is 2. The van der Waals surface area contributed by atoms with Gasteiger partial charge in [0.05, 0.1) is 6.10 Å². The summed E-state index contributed by atoms with van der Waals surface area (Å²) in [5.74, 6) is -0.127. The molecule has 6 heteroatoms. The van der Waals surface area contributed by atoms with Crippen LogP contribution in [0.15, 0.2) is 24.3 Å². The monoisotopic (exact) mass is 280 g/mol. The number of nitrogens with one attached hydrogen (secondary N) is 2. The third-order valence-electron chi connectivity index (χ3n) is 2.62. The fourth-order valence-electron chi connectivity index (χ4n) is 1.60. The van der Waals surface area contributed by atoms with Gasteiger partial charge in [0.2, 0.25) is 0 Å². The van der Waals surface area contributed by atoms with Crippen molar-refractivity contribution in [3.05, 3.63) is 29.8 Å². The Morgan fingerprint density at radius 1 is 1.30 bits per heavy atom. The molecule has 0 aromatic heterocycles. The number of hydrogen-bond donors (Lipinski definition) is 3. The van der Waals surface area contributed by atoms with Crippen LogP contribution in [-0.4, -0.2) is 29.7 Å². The van der Waals surface area contributed by atoms with Crippen molar-refractivity contribution in [2.24, 2.45) is 0 Å². The molecule has 0 aliphatic rings. The number of aliphatic hydroxyl groups excluding tert-OH is 1. The molecule has 0 fully saturated rings. The van der Waals surface area contributed by atoms with Gasteiger partial charge < -0.3 is 15.2 Å². The Kier molecular flexibility index (Phi) is 5.99. The molecule has 0 radical (unpaired) electrons. The summed E-state index contributed by atoms with van der Waals surface area (Å²) in [5.41, 5.74) is 0.588. The van der Waals surface area contributed by atoms with Crippen molar-refractivity contribution in [2.45, 2.75) is 33.0 Å². The highest BCUT2D eigenvalue weighted by molar-refractivity contribution is 5.96. The molecule has 0 spiro atoms. The molecule has 0 aliphatic heterocycles. The van der Waals surface area contributed by atoms with Gasteiger partial charge >= 0.3 is 6.03 Å². The van der Waals surface area contributed by atoms with E-state index in [-0.39, 0.29) is 0 Å². The molecule has 3 amide bonds. The molecule has 1 rings (SSSR count). The zero-order valence-electron chi connectivity index (χ0n) is 11.8. The van der Waals surface area contributed by atoms with Crippen molar-refractivity contribution < 1.29 is 19.4 Å². The molecule has 3 N–H and O–H groups in total. The highest BCUT2D eigenvalue weighted by Crippen LogP contribution is 2.25. The van der Waals surface area contributed by atoms with Gasteiger partial charge in [-0.25, -0.2) is 4.79 Å². The first-order chi connectivity index (χ1) is 9.45. The van der Waals surface area contributed by atoms with E-state index in [1.807, 2.05) is 0 Å². The summed E-state index contributed by atoms with van der Waals surface area (Å²) in [5, 5.41) is 14.3. The van der Waals surface area contributed by atoms with E-state index in [4.69, 9.17) is 4.74 Å². The number of carbonyl (C=O) groups excluding carboxylic acids is 2. The number of benzene rings is 1. The van der Waals surface area contributed by atoms with Gasteiger partial charge in [0.25, 0.3) is 5.91 Å². The Bertz CT molecular complexity index is 474. The van der Waals surface area contributed by atoms with Crippen molar-refractivity contribution in [1.29, 1.82) is 0 Å². The van der Waals surface area contributed by atoms with Crippen LogP contribution in [0.1, 0.15) is 32.4 Å². The molecule has 1 aromatic carbocycles. The van der Waals surface area contributed by atoms with Gasteiger partial charge in [-0.2, -0.15) is 0 Å². The lowest BCUT2D eigenvalue weighted by Gasteiger charge is -2.18. The number of amides is 3. The number of aliphatic hydroxyl groups is 1. The number of urea groups is 1. The lowest BCUT2D eigenvalue weighted by atomic mass is 10.1. The Morgan fingerprint density at radius 2 is 1.95 bits per heavy atom. The molecule has 0 saturated heterocycles. The number of ether oxygens (including phenoxy) is 1. The Morgan fingerprint density at radius 3 is 2.55 bits per heavy atom. The van der Waals surface area contributed by atoms with Gasteiger partial charge in [-0.1, -0.05) is 18.2 Å². The fourth-order valence-corrected chi connectivity index (χ4v) is 1.60. The Balaban J connectivity index is 2.68. The normalized spacial score (nSPS) is 13.2. The quantitative estimate of drug-likeness (QED) is 0.759. The zero-order chi connectivity index (χ0) is 15.1. The summed E-state index contributed by atoms with van der Waals surface area (Å²) in [6, 6.07) is 6.34. The minimum absolute atomic E-state index is 0.418. The van der Waals surface area contributed by atoms with Crippen LogP contribution in [0.2, 0.25) is 0 Å².